The molecule has 1 aromatic heterocycles. The van der Waals surface area contributed by atoms with Crippen molar-refractivity contribution in [3.63, 3.8) is 0 Å². The predicted molar refractivity (Wildman–Crippen MR) is 58.0 cm³/mol. The van der Waals surface area contributed by atoms with E-state index in [1.54, 1.807) is 0 Å². The molecule has 0 radical (unpaired) electrons. The SMILES string of the molecule is O=C(O)c1cncc(N2CCOCC2CO)n1. The molecule has 2 heterocycles. The number of carboxylic acids is 1. The van der Waals surface area contributed by atoms with Gasteiger partial charge < -0.3 is 19.8 Å². The van der Waals surface area contributed by atoms with Gasteiger partial charge in [0.15, 0.2) is 5.69 Å². The molecule has 1 aromatic rings. The molecule has 7 heteroatoms. The Morgan fingerprint density at radius 1 is 1.59 bits per heavy atom. The van der Waals surface area contributed by atoms with E-state index >= 15 is 0 Å². The monoisotopic (exact) mass is 239 g/mol. The highest BCUT2D eigenvalue weighted by atomic mass is 16.5. The van der Waals surface area contributed by atoms with Crippen LogP contribution >= 0.6 is 0 Å². The lowest BCUT2D eigenvalue weighted by Gasteiger charge is -2.35. The number of hydrogen-bond acceptors (Lipinski definition) is 6. The molecule has 1 aliphatic rings. The van der Waals surface area contributed by atoms with Gasteiger partial charge in [-0.2, -0.15) is 0 Å². The fraction of sp³-hybridized carbons (Fsp3) is 0.500. The highest BCUT2D eigenvalue weighted by Crippen LogP contribution is 2.16. The quantitative estimate of drug-likeness (QED) is 0.725. The lowest BCUT2D eigenvalue weighted by atomic mass is 10.2. The van der Waals surface area contributed by atoms with Crippen LogP contribution in [-0.2, 0) is 4.74 Å². The molecule has 17 heavy (non-hydrogen) atoms. The minimum Gasteiger partial charge on any atom is -0.476 e. The van der Waals surface area contributed by atoms with Crippen LogP contribution in [-0.4, -0.2) is 58.6 Å². The standard InChI is InChI=1S/C10H13N3O4/c14-5-7-6-17-2-1-13(7)9-4-11-3-8(12-9)10(15)16/h3-4,7,14H,1-2,5-6H2,(H,15,16). The third-order valence-corrected chi connectivity index (χ3v) is 2.57. The number of morpholine rings is 1. The highest BCUT2D eigenvalue weighted by molar-refractivity contribution is 5.85. The van der Waals surface area contributed by atoms with Gasteiger partial charge in [0, 0.05) is 6.54 Å². The average molecular weight is 239 g/mol. The molecule has 92 valence electrons. The second kappa shape index (κ2) is 5.07. The van der Waals surface area contributed by atoms with E-state index in [4.69, 9.17) is 9.84 Å². The third kappa shape index (κ3) is 2.51. The van der Waals surface area contributed by atoms with Crippen molar-refractivity contribution < 1.29 is 19.7 Å². The predicted octanol–water partition coefficient (Wildman–Crippen LogP) is -0.628. The Morgan fingerprint density at radius 3 is 3.12 bits per heavy atom. The van der Waals surface area contributed by atoms with Crippen molar-refractivity contribution in [2.75, 3.05) is 31.3 Å². The van der Waals surface area contributed by atoms with Crippen molar-refractivity contribution in [1.29, 1.82) is 0 Å². The lowest BCUT2D eigenvalue weighted by Crippen LogP contribution is -2.48. The number of ether oxygens (including phenoxy) is 1. The molecule has 1 aliphatic heterocycles. The number of aliphatic hydroxyl groups excluding tert-OH is 1. The number of carboxylic acid groups (broad SMARTS) is 1. The van der Waals surface area contributed by atoms with Crippen LogP contribution in [0, 0.1) is 0 Å². The first-order valence-electron chi connectivity index (χ1n) is 5.23. The molecule has 0 spiro atoms. The molecule has 1 unspecified atom stereocenters. The summed E-state index contributed by atoms with van der Waals surface area (Å²) in [7, 11) is 0. The molecule has 0 saturated carbocycles. The second-order valence-corrected chi connectivity index (χ2v) is 3.67. The minimum atomic E-state index is -1.12. The zero-order valence-corrected chi connectivity index (χ0v) is 9.11. The van der Waals surface area contributed by atoms with Crippen LogP contribution < -0.4 is 4.90 Å². The van der Waals surface area contributed by atoms with Gasteiger partial charge in [-0.1, -0.05) is 0 Å². The number of hydrogen-bond donors (Lipinski definition) is 2. The zero-order chi connectivity index (χ0) is 12.3. The molecular weight excluding hydrogens is 226 g/mol. The summed E-state index contributed by atoms with van der Waals surface area (Å²) in [5.41, 5.74) is -0.106. The van der Waals surface area contributed by atoms with Crippen molar-refractivity contribution in [3.8, 4) is 0 Å². The molecule has 1 fully saturated rings. The maximum Gasteiger partial charge on any atom is 0.356 e. The van der Waals surface area contributed by atoms with Crippen LogP contribution in [0.15, 0.2) is 12.4 Å². The Hall–Kier alpha value is -1.73. The van der Waals surface area contributed by atoms with Gasteiger partial charge in [-0.3, -0.25) is 4.98 Å². The normalized spacial score (nSPS) is 20.3. The third-order valence-electron chi connectivity index (χ3n) is 2.57. The van der Waals surface area contributed by atoms with E-state index in [-0.39, 0.29) is 18.3 Å². The van der Waals surface area contributed by atoms with Crippen LogP contribution in [0.3, 0.4) is 0 Å². The minimum absolute atomic E-state index is 0.0705. The Morgan fingerprint density at radius 2 is 2.41 bits per heavy atom. The summed E-state index contributed by atoms with van der Waals surface area (Å²) in [5.74, 6) is -0.666. The zero-order valence-electron chi connectivity index (χ0n) is 9.11. The number of nitrogens with zero attached hydrogens (tertiary/aromatic N) is 3. The maximum absolute atomic E-state index is 10.8. The lowest BCUT2D eigenvalue weighted by molar-refractivity contribution is 0.0687. The summed E-state index contributed by atoms with van der Waals surface area (Å²) in [5, 5.41) is 18.1. The Kier molecular flexibility index (Phi) is 3.50. The number of anilines is 1. The number of aliphatic hydroxyl groups is 1. The van der Waals surface area contributed by atoms with Crippen molar-refractivity contribution in [2.45, 2.75) is 6.04 Å². The number of rotatable bonds is 3. The highest BCUT2D eigenvalue weighted by Gasteiger charge is 2.24. The van der Waals surface area contributed by atoms with E-state index < -0.39 is 5.97 Å². The smallest absolute Gasteiger partial charge is 0.356 e. The second-order valence-electron chi connectivity index (χ2n) is 3.67. The topological polar surface area (TPSA) is 95.8 Å². The number of carbonyl (C=O) groups is 1. The molecule has 1 saturated heterocycles. The van der Waals surface area contributed by atoms with Crippen LogP contribution in [0.1, 0.15) is 10.5 Å². The first-order valence-corrected chi connectivity index (χ1v) is 5.23. The fourth-order valence-electron chi connectivity index (χ4n) is 1.70. The van der Waals surface area contributed by atoms with E-state index in [0.29, 0.717) is 25.6 Å². The van der Waals surface area contributed by atoms with Crippen LogP contribution in [0.5, 0.6) is 0 Å². The first-order chi connectivity index (χ1) is 8.22. The molecule has 7 nitrogen and oxygen atoms in total. The van der Waals surface area contributed by atoms with E-state index in [1.807, 2.05) is 4.90 Å². The van der Waals surface area contributed by atoms with Gasteiger partial charge in [0.25, 0.3) is 0 Å². The summed E-state index contributed by atoms with van der Waals surface area (Å²) < 4.78 is 5.24. The van der Waals surface area contributed by atoms with Gasteiger partial charge in [0.1, 0.15) is 5.82 Å². The summed E-state index contributed by atoms with van der Waals surface area (Å²) in [6, 6.07) is -0.206. The number of aromatic carboxylic acids is 1. The van der Waals surface area contributed by atoms with Crippen molar-refractivity contribution in [2.24, 2.45) is 0 Å². The van der Waals surface area contributed by atoms with Gasteiger partial charge in [-0.25, -0.2) is 9.78 Å². The van der Waals surface area contributed by atoms with E-state index in [0.717, 1.165) is 0 Å². The van der Waals surface area contributed by atoms with Crippen molar-refractivity contribution in [1.82, 2.24) is 9.97 Å². The summed E-state index contributed by atoms with van der Waals surface area (Å²) in [6.07, 6.45) is 2.68. The van der Waals surface area contributed by atoms with Gasteiger partial charge in [0.2, 0.25) is 0 Å². The summed E-state index contributed by atoms with van der Waals surface area (Å²) in [6.45, 7) is 1.41. The van der Waals surface area contributed by atoms with Gasteiger partial charge >= 0.3 is 5.97 Å². The Labute approximate surface area is 97.7 Å². The Balaban J connectivity index is 2.25. The van der Waals surface area contributed by atoms with Crippen LogP contribution in [0.25, 0.3) is 0 Å². The van der Waals surface area contributed by atoms with E-state index in [9.17, 15) is 9.90 Å². The molecule has 0 amide bonds. The van der Waals surface area contributed by atoms with E-state index in [2.05, 4.69) is 9.97 Å². The first kappa shape index (κ1) is 11.7. The van der Waals surface area contributed by atoms with Gasteiger partial charge in [0.05, 0.1) is 38.3 Å². The largest absolute Gasteiger partial charge is 0.476 e. The summed E-state index contributed by atoms with van der Waals surface area (Å²) in [4.78, 5) is 20.4. The molecule has 0 aliphatic carbocycles. The molecular formula is C10H13N3O4. The van der Waals surface area contributed by atoms with Crippen molar-refractivity contribution in [3.05, 3.63) is 18.1 Å². The molecule has 1 atom stereocenters. The Bertz CT molecular complexity index is 412. The maximum atomic E-state index is 10.8. The molecule has 2 rings (SSSR count). The van der Waals surface area contributed by atoms with Gasteiger partial charge in [-0.15, -0.1) is 0 Å². The molecule has 0 bridgehead atoms. The van der Waals surface area contributed by atoms with Crippen molar-refractivity contribution >= 4 is 11.8 Å². The molecule has 0 aromatic carbocycles. The molecule has 2 N–H and O–H groups in total. The van der Waals surface area contributed by atoms with Crippen LogP contribution in [0.4, 0.5) is 5.82 Å². The fourth-order valence-corrected chi connectivity index (χ4v) is 1.70. The van der Waals surface area contributed by atoms with E-state index in [1.165, 1.54) is 12.4 Å². The van der Waals surface area contributed by atoms with Gasteiger partial charge in [-0.05, 0) is 0 Å². The average Bonchev–Trinajstić information content (AvgIpc) is 2.39. The summed E-state index contributed by atoms with van der Waals surface area (Å²) >= 11 is 0. The number of aromatic nitrogens is 2. The van der Waals surface area contributed by atoms with Crippen LogP contribution in [0.2, 0.25) is 0 Å².